The molecule has 1 saturated carbocycles. The zero-order chi connectivity index (χ0) is 20.9. The number of carbonyl (C=O) groups excluding carboxylic acids is 2. The molecular weight excluding hydrogens is 401 g/mol. The molecule has 0 aliphatic heterocycles. The molecule has 2 heterocycles. The monoisotopic (exact) mass is 423 g/mol. The summed E-state index contributed by atoms with van der Waals surface area (Å²) in [6.07, 6.45) is 7.24. The highest BCUT2D eigenvalue weighted by atomic mass is 32.1. The van der Waals surface area contributed by atoms with Gasteiger partial charge in [-0.3, -0.25) is 19.5 Å². The molecule has 30 heavy (non-hydrogen) atoms. The van der Waals surface area contributed by atoms with E-state index in [-0.39, 0.29) is 17.9 Å². The van der Waals surface area contributed by atoms with Gasteiger partial charge < -0.3 is 5.32 Å². The smallest absolute Gasteiger partial charge is 0.269 e. The summed E-state index contributed by atoms with van der Waals surface area (Å²) in [5.74, 6) is -0.980. The van der Waals surface area contributed by atoms with E-state index in [1.807, 2.05) is 5.38 Å². The number of nitrogens with one attached hydrogen (secondary N) is 1. The summed E-state index contributed by atoms with van der Waals surface area (Å²) in [6.45, 7) is 0. The van der Waals surface area contributed by atoms with Crippen LogP contribution in [0, 0.1) is 5.82 Å². The average Bonchev–Trinajstić information content (AvgIpc) is 3.47. The Kier molecular flexibility index (Phi) is 6.18. The van der Waals surface area contributed by atoms with Crippen molar-refractivity contribution in [3.8, 4) is 0 Å². The molecule has 0 radical (unpaired) electrons. The Labute approximate surface area is 178 Å². The van der Waals surface area contributed by atoms with Crippen molar-refractivity contribution in [3.05, 3.63) is 82.6 Å². The van der Waals surface area contributed by atoms with Crippen molar-refractivity contribution < 1.29 is 14.0 Å². The lowest BCUT2D eigenvalue weighted by Crippen LogP contribution is -2.46. The van der Waals surface area contributed by atoms with Gasteiger partial charge in [0.15, 0.2) is 0 Å². The quantitative estimate of drug-likeness (QED) is 0.624. The molecular formula is C23H22FN3O2S. The number of hydrogen-bond donors (Lipinski definition) is 1. The predicted molar refractivity (Wildman–Crippen MR) is 115 cm³/mol. The highest BCUT2D eigenvalue weighted by Gasteiger charge is 2.35. The fraction of sp³-hybridized carbons (Fsp3) is 0.261. The standard InChI is InChI=1S/C23H22FN3O2S/c24-17-9-11-19(12-10-17)27(23(29)20-8-4-14-30-20)21(16-5-3-13-25-15-16)22(28)26-18-6-1-2-7-18/h3-5,8-15,18,21H,1-2,6-7H2,(H,26,28). The van der Waals surface area contributed by atoms with Crippen molar-refractivity contribution in [2.24, 2.45) is 0 Å². The lowest BCUT2D eigenvalue weighted by Gasteiger charge is -2.32. The van der Waals surface area contributed by atoms with E-state index in [0.717, 1.165) is 25.7 Å². The van der Waals surface area contributed by atoms with Crippen molar-refractivity contribution in [3.63, 3.8) is 0 Å². The van der Waals surface area contributed by atoms with Crippen LogP contribution in [0.4, 0.5) is 10.1 Å². The van der Waals surface area contributed by atoms with Crippen LogP contribution in [-0.2, 0) is 4.79 Å². The van der Waals surface area contributed by atoms with Crippen LogP contribution in [0.15, 0.2) is 66.3 Å². The first-order valence-corrected chi connectivity index (χ1v) is 10.8. The molecule has 1 unspecified atom stereocenters. The van der Waals surface area contributed by atoms with E-state index in [1.54, 1.807) is 36.7 Å². The first-order valence-electron chi connectivity index (χ1n) is 9.96. The maximum Gasteiger partial charge on any atom is 0.269 e. The third-order valence-corrected chi connectivity index (χ3v) is 6.12. The largest absolute Gasteiger partial charge is 0.351 e. The first kappa shape index (κ1) is 20.2. The van der Waals surface area contributed by atoms with Crippen LogP contribution in [0.3, 0.4) is 0 Å². The lowest BCUT2D eigenvalue weighted by atomic mass is 10.0. The summed E-state index contributed by atoms with van der Waals surface area (Å²) in [5.41, 5.74) is 1.05. The van der Waals surface area contributed by atoms with Crippen LogP contribution in [-0.4, -0.2) is 22.8 Å². The van der Waals surface area contributed by atoms with Gasteiger partial charge in [0.2, 0.25) is 5.91 Å². The van der Waals surface area contributed by atoms with Gasteiger partial charge in [0.05, 0.1) is 4.88 Å². The Morgan fingerprint density at radius 2 is 1.87 bits per heavy atom. The van der Waals surface area contributed by atoms with Gasteiger partial charge in [-0.2, -0.15) is 0 Å². The second-order valence-corrected chi connectivity index (χ2v) is 8.26. The van der Waals surface area contributed by atoms with Crippen LogP contribution in [0.1, 0.15) is 47.0 Å². The minimum Gasteiger partial charge on any atom is -0.351 e. The molecule has 1 aromatic carbocycles. The van der Waals surface area contributed by atoms with Gasteiger partial charge in [-0.1, -0.05) is 25.0 Å². The third kappa shape index (κ3) is 4.41. The molecule has 0 spiro atoms. The number of rotatable bonds is 6. The molecule has 1 N–H and O–H groups in total. The Bertz CT molecular complexity index is 987. The second kappa shape index (κ2) is 9.17. The van der Waals surface area contributed by atoms with E-state index in [0.29, 0.717) is 16.1 Å². The molecule has 2 aromatic heterocycles. The van der Waals surface area contributed by atoms with Gasteiger partial charge in [0, 0.05) is 29.7 Å². The van der Waals surface area contributed by atoms with Crippen LogP contribution < -0.4 is 10.2 Å². The molecule has 154 valence electrons. The summed E-state index contributed by atoms with van der Waals surface area (Å²) in [5, 5.41) is 4.92. The number of nitrogens with zero attached hydrogens (tertiary/aromatic N) is 2. The normalized spacial score (nSPS) is 15.0. The maximum atomic E-state index is 13.6. The SMILES string of the molecule is O=C(NC1CCCC1)C(c1cccnc1)N(C(=O)c1cccs1)c1ccc(F)cc1. The zero-order valence-corrected chi connectivity index (χ0v) is 17.1. The van der Waals surface area contributed by atoms with Gasteiger partial charge in [0.25, 0.3) is 5.91 Å². The molecule has 7 heteroatoms. The molecule has 1 aliphatic rings. The summed E-state index contributed by atoms with van der Waals surface area (Å²) in [7, 11) is 0. The summed E-state index contributed by atoms with van der Waals surface area (Å²) in [6, 6.07) is 11.8. The van der Waals surface area contributed by atoms with Crippen molar-refractivity contribution in [1.29, 1.82) is 0 Å². The number of aromatic nitrogens is 1. The minimum atomic E-state index is -0.917. The third-order valence-electron chi connectivity index (χ3n) is 5.26. The number of hydrogen-bond acceptors (Lipinski definition) is 4. The van der Waals surface area contributed by atoms with Gasteiger partial charge in [-0.15, -0.1) is 11.3 Å². The van der Waals surface area contributed by atoms with E-state index in [4.69, 9.17) is 0 Å². The fourth-order valence-electron chi connectivity index (χ4n) is 3.81. The highest BCUT2D eigenvalue weighted by molar-refractivity contribution is 7.12. The van der Waals surface area contributed by atoms with E-state index in [2.05, 4.69) is 10.3 Å². The molecule has 1 fully saturated rings. The van der Waals surface area contributed by atoms with Crippen LogP contribution >= 0.6 is 11.3 Å². The minimum absolute atomic E-state index is 0.101. The van der Waals surface area contributed by atoms with Gasteiger partial charge in [0.1, 0.15) is 11.9 Å². The highest BCUT2D eigenvalue weighted by Crippen LogP contribution is 2.31. The molecule has 5 nitrogen and oxygen atoms in total. The second-order valence-electron chi connectivity index (χ2n) is 7.31. The lowest BCUT2D eigenvalue weighted by molar-refractivity contribution is -0.123. The number of pyridine rings is 1. The Morgan fingerprint density at radius 3 is 2.50 bits per heavy atom. The number of anilines is 1. The van der Waals surface area contributed by atoms with Gasteiger partial charge in [-0.25, -0.2) is 4.39 Å². The van der Waals surface area contributed by atoms with Crippen molar-refractivity contribution >= 4 is 28.8 Å². The molecule has 0 saturated heterocycles. The Hall–Kier alpha value is -3.06. The number of thiophene rings is 1. The van der Waals surface area contributed by atoms with Crippen molar-refractivity contribution in [1.82, 2.24) is 10.3 Å². The molecule has 1 aliphatic carbocycles. The van der Waals surface area contributed by atoms with Crippen LogP contribution in [0.25, 0.3) is 0 Å². The predicted octanol–water partition coefficient (Wildman–Crippen LogP) is 4.73. The van der Waals surface area contributed by atoms with Crippen LogP contribution in [0.2, 0.25) is 0 Å². The molecule has 0 bridgehead atoms. The topological polar surface area (TPSA) is 62.3 Å². The van der Waals surface area contributed by atoms with Crippen LogP contribution in [0.5, 0.6) is 0 Å². The van der Waals surface area contributed by atoms with Crippen molar-refractivity contribution in [2.75, 3.05) is 4.90 Å². The maximum absolute atomic E-state index is 13.6. The molecule has 1 atom stereocenters. The number of benzene rings is 1. The summed E-state index contributed by atoms with van der Waals surface area (Å²) in [4.78, 5) is 33.0. The molecule has 2 amide bonds. The Morgan fingerprint density at radius 1 is 1.10 bits per heavy atom. The fourth-order valence-corrected chi connectivity index (χ4v) is 4.47. The number of amides is 2. The molecule has 4 rings (SSSR count). The summed E-state index contributed by atoms with van der Waals surface area (Å²) >= 11 is 1.30. The van der Waals surface area contributed by atoms with Gasteiger partial charge >= 0.3 is 0 Å². The van der Waals surface area contributed by atoms with E-state index in [9.17, 15) is 14.0 Å². The molecule has 3 aromatic rings. The zero-order valence-electron chi connectivity index (χ0n) is 16.3. The average molecular weight is 424 g/mol. The van der Waals surface area contributed by atoms with E-state index < -0.39 is 11.9 Å². The number of carbonyl (C=O) groups is 2. The van der Waals surface area contributed by atoms with Crippen molar-refractivity contribution in [2.45, 2.75) is 37.8 Å². The summed E-state index contributed by atoms with van der Waals surface area (Å²) < 4.78 is 13.6. The van der Waals surface area contributed by atoms with E-state index >= 15 is 0 Å². The first-order chi connectivity index (χ1) is 14.6. The van der Waals surface area contributed by atoms with E-state index in [1.165, 1.54) is 40.5 Å². The number of halogens is 1. The van der Waals surface area contributed by atoms with Gasteiger partial charge in [-0.05, 0) is 54.6 Å². The Balaban J connectivity index is 1.78.